The smallest absolute Gasteiger partial charge is 0.138 e. The van der Waals surface area contributed by atoms with Crippen LogP contribution in [-0.4, -0.2) is 14.2 Å². The predicted octanol–water partition coefficient (Wildman–Crippen LogP) is 6.69. The summed E-state index contributed by atoms with van der Waals surface area (Å²) in [6, 6.07) is 12.4. The Morgan fingerprint density at radius 3 is 1.41 bits per heavy atom. The molecular formula is C16H12Br2O2S2. The molecule has 0 saturated carbocycles. The lowest BCUT2D eigenvalue weighted by Crippen LogP contribution is -1.84. The van der Waals surface area contributed by atoms with Crippen molar-refractivity contribution in [2.75, 3.05) is 14.2 Å². The molecule has 22 heavy (non-hydrogen) atoms. The van der Waals surface area contributed by atoms with Crippen LogP contribution in [0.2, 0.25) is 0 Å². The predicted molar refractivity (Wildman–Crippen MR) is 102 cm³/mol. The second-order valence-electron chi connectivity index (χ2n) is 4.47. The molecule has 0 amide bonds. The van der Waals surface area contributed by atoms with Crippen molar-refractivity contribution < 1.29 is 9.47 Å². The number of ether oxygens (including phenoxy) is 2. The minimum absolute atomic E-state index is 0.890. The van der Waals surface area contributed by atoms with E-state index in [0.29, 0.717) is 0 Å². The van der Waals surface area contributed by atoms with Crippen LogP contribution in [-0.2, 0) is 0 Å². The first kappa shape index (κ1) is 16.1. The molecular weight excluding hydrogens is 448 g/mol. The third kappa shape index (κ3) is 3.11. The monoisotopic (exact) mass is 458 g/mol. The Labute approximate surface area is 154 Å². The van der Waals surface area contributed by atoms with Crippen molar-refractivity contribution in [3.8, 4) is 32.4 Å². The number of halogens is 2. The van der Waals surface area contributed by atoms with E-state index in [4.69, 9.17) is 9.47 Å². The van der Waals surface area contributed by atoms with E-state index in [1.165, 1.54) is 0 Å². The molecule has 0 atom stereocenters. The van der Waals surface area contributed by atoms with Gasteiger partial charge < -0.3 is 9.47 Å². The molecule has 1 aromatic carbocycles. The van der Waals surface area contributed by atoms with E-state index in [2.05, 4.69) is 56.1 Å². The van der Waals surface area contributed by atoms with Crippen LogP contribution in [0.1, 0.15) is 0 Å². The van der Waals surface area contributed by atoms with Gasteiger partial charge in [0.1, 0.15) is 11.5 Å². The molecule has 0 aliphatic heterocycles. The van der Waals surface area contributed by atoms with E-state index in [1.54, 1.807) is 36.9 Å². The largest absolute Gasteiger partial charge is 0.495 e. The molecule has 0 radical (unpaired) electrons. The van der Waals surface area contributed by atoms with Crippen LogP contribution in [0, 0.1) is 0 Å². The number of hydrogen-bond donors (Lipinski definition) is 0. The van der Waals surface area contributed by atoms with E-state index < -0.39 is 0 Å². The number of benzene rings is 1. The summed E-state index contributed by atoms with van der Waals surface area (Å²) in [5, 5.41) is 0. The van der Waals surface area contributed by atoms with Crippen LogP contribution >= 0.6 is 54.5 Å². The van der Waals surface area contributed by atoms with Gasteiger partial charge in [0.15, 0.2) is 0 Å². The van der Waals surface area contributed by atoms with Gasteiger partial charge in [0.2, 0.25) is 0 Å². The highest BCUT2D eigenvalue weighted by Gasteiger charge is 2.13. The van der Waals surface area contributed by atoms with Gasteiger partial charge in [0.05, 0.1) is 31.5 Å². The van der Waals surface area contributed by atoms with Gasteiger partial charge in [0, 0.05) is 12.1 Å². The molecule has 0 spiro atoms. The molecule has 0 fully saturated rings. The van der Waals surface area contributed by atoms with Crippen LogP contribution in [0.25, 0.3) is 20.9 Å². The molecule has 2 aromatic heterocycles. The Kier molecular flexibility index (Phi) is 4.92. The van der Waals surface area contributed by atoms with E-state index >= 15 is 0 Å². The van der Waals surface area contributed by atoms with Gasteiger partial charge in [-0.25, -0.2) is 0 Å². The van der Waals surface area contributed by atoms with Crippen LogP contribution in [0.4, 0.5) is 0 Å². The van der Waals surface area contributed by atoms with Gasteiger partial charge in [-0.15, -0.1) is 22.7 Å². The third-order valence-electron chi connectivity index (χ3n) is 3.18. The summed E-state index contributed by atoms with van der Waals surface area (Å²) in [6.07, 6.45) is 0. The second kappa shape index (κ2) is 6.74. The van der Waals surface area contributed by atoms with Crippen LogP contribution in [0.5, 0.6) is 11.5 Å². The van der Waals surface area contributed by atoms with Gasteiger partial charge in [-0.1, -0.05) is 24.3 Å². The minimum atomic E-state index is 0.890. The fourth-order valence-electron chi connectivity index (χ4n) is 2.17. The normalized spacial score (nSPS) is 10.7. The zero-order valence-corrected chi connectivity index (χ0v) is 16.7. The zero-order chi connectivity index (χ0) is 15.7. The highest BCUT2D eigenvalue weighted by molar-refractivity contribution is 9.11. The summed E-state index contributed by atoms with van der Waals surface area (Å²) in [5.41, 5.74) is 2.29. The first-order valence-electron chi connectivity index (χ1n) is 6.40. The number of rotatable bonds is 4. The van der Waals surface area contributed by atoms with E-state index in [1.807, 2.05) is 12.1 Å². The second-order valence-corrected chi connectivity index (χ2v) is 9.34. The van der Waals surface area contributed by atoms with Gasteiger partial charge >= 0.3 is 0 Å². The highest BCUT2D eigenvalue weighted by atomic mass is 79.9. The maximum atomic E-state index is 5.43. The standard InChI is InChI=1S/C16H12Br2O2S2/c1-19-11-7-13(17)21-15(11)9-3-5-10(6-4-9)16-12(20-2)8-14(18)22-16/h3-8H,1-2H3. The summed E-state index contributed by atoms with van der Waals surface area (Å²) in [6.45, 7) is 0. The summed E-state index contributed by atoms with van der Waals surface area (Å²) in [7, 11) is 3.39. The Bertz CT molecular complexity index is 724. The fraction of sp³-hybridized carbons (Fsp3) is 0.125. The Morgan fingerprint density at radius 2 is 1.09 bits per heavy atom. The highest BCUT2D eigenvalue weighted by Crippen LogP contribution is 2.43. The van der Waals surface area contributed by atoms with Gasteiger partial charge in [0.25, 0.3) is 0 Å². The molecule has 0 bridgehead atoms. The quantitative estimate of drug-likeness (QED) is 0.432. The van der Waals surface area contributed by atoms with Crippen molar-refractivity contribution in [1.82, 2.24) is 0 Å². The van der Waals surface area contributed by atoms with Crippen molar-refractivity contribution in [1.29, 1.82) is 0 Å². The summed E-state index contributed by atoms with van der Waals surface area (Å²) in [5.74, 6) is 1.78. The van der Waals surface area contributed by atoms with Crippen LogP contribution in [0.3, 0.4) is 0 Å². The summed E-state index contributed by atoms with van der Waals surface area (Å²) in [4.78, 5) is 2.25. The van der Waals surface area contributed by atoms with Gasteiger partial charge in [-0.05, 0) is 43.0 Å². The minimum Gasteiger partial charge on any atom is -0.495 e. The lowest BCUT2D eigenvalue weighted by molar-refractivity contribution is 0.418. The zero-order valence-electron chi connectivity index (χ0n) is 11.9. The Morgan fingerprint density at radius 1 is 0.727 bits per heavy atom. The maximum absolute atomic E-state index is 5.43. The lowest BCUT2D eigenvalue weighted by Gasteiger charge is -2.05. The summed E-state index contributed by atoms with van der Waals surface area (Å²) >= 11 is 10.4. The molecule has 2 heterocycles. The Hall–Kier alpha value is -0.820. The first-order valence-corrected chi connectivity index (χ1v) is 9.61. The number of hydrogen-bond acceptors (Lipinski definition) is 4. The number of thiophene rings is 2. The SMILES string of the molecule is COc1cc(Br)sc1-c1ccc(-c2sc(Br)cc2OC)cc1. The molecule has 0 unspecified atom stereocenters. The molecule has 114 valence electrons. The summed E-state index contributed by atoms with van der Waals surface area (Å²) < 4.78 is 13.0. The first-order chi connectivity index (χ1) is 10.6. The van der Waals surface area contributed by atoms with E-state index in [0.717, 1.165) is 40.0 Å². The molecule has 3 rings (SSSR count). The van der Waals surface area contributed by atoms with Crippen LogP contribution < -0.4 is 9.47 Å². The van der Waals surface area contributed by atoms with E-state index in [9.17, 15) is 0 Å². The van der Waals surface area contributed by atoms with E-state index in [-0.39, 0.29) is 0 Å². The molecule has 6 heteroatoms. The molecule has 2 nitrogen and oxygen atoms in total. The maximum Gasteiger partial charge on any atom is 0.138 e. The van der Waals surface area contributed by atoms with Crippen LogP contribution in [0.15, 0.2) is 44.0 Å². The third-order valence-corrected chi connectivity index (χ3v) is 6.52. The molecule has 0 N–H and O–H groups in total. The average molecular weight is 460 g/mol. The Balaban J connectivity index is 1.99. The number of methoxy groups -OCH3 is 2. The van der Waals surface area contributed by atoms with Crippen molar-refractivity contribution in [3.63, 3.8) is 0 Å². The van der Waals surface area contributed by atoms with Crippen molar-refractivity contribution >= 4 is 54.5 Å². The molecule has 0 aliphatic carbocycles. The van der Waals surface area contributed by atoms with Gasteiger partial charge in [-0.2, -0.15) is 0 Å². The average Bonchev–Trinajstić information content (AvgIpc) is 3.09. The topological polar surface area (TPSA) is 18.5 Å². The molecule has 0 aliphatic rings. The lowest BCUT2D eigenvalue weighted by atomic mass is 10.1. The van der Waals surface area contributed by atoms with Crippen molar-refractivity contribution in [2.45, 2.75) is 0 Å². The molecule has 0 saturated heterocycles. The fourth-order valence-corrected chi connectivity index (χ4v) is 5.27. The van der Waals surface area contributed by atoms with Crippen molar-refractivity contribution in [3.05, 3.63) is 44.0 Å². The van der Waals surface area contributed by atoms with Crippen molar-refractivity contribution in [2.24, 2.45) is 0 Å². The molecule has 3 aromatic rings. The van der Waals surface area contributed by atoms with Gasteiger partial charge in [-0.3, -0.25) is 0 Å².